The third-order valence-electron chi connectivity index (χ3n) is 1.91. The van der Waals surface area contributed by atoms with Gasteiger partial charge < -0.3 is 10.1 Å². The minimum atomic E-state index is -0.356. The van der Waals surface area contributed by atoms with E-state index in [9.17, 15) is 9.59 Å². The summed E-state index contributed by atoms with van der Waals surface area (Å²) >= 11 is 1.45. The van der Waals surface area contributed by atoms with Crippen molar-refractivity contribution in [3.05, 3.63) is 22.4 Å². The smallest absolute Gasteiger partial charge is 0.307 e. The Morgan fingerprint density at radius 2 is 2.35 bits per heavy atom. The molecule has 0 fully saturated rings. The first-order valence-corrected chi connectivity index (χ1v) is 6.08. The van der Waals surface area contributed by atoms with Crippen LogP contribution in [-0.2, 0) is 9.53 Å². The molecular formula is C12H13NO3S. The molecule has 1 rings (SSSR count). The summed E-state index contributed by atoms with van der Waals surface area (Å²) in [5.41, 5.74) is 0.607. The van der Waals surface area contributed by atoms with Crippen molar-refractivity contribution in [2.45, 2.75) is 12.8 Å². The fourth-order valence-corrected chi connectivity index (χ4v) is 1.71. The van der Waals surface area contributed by atoms with Gasteiger partial charge in [-0.2, -0.15) is 11.3 Å². The molecule has 5 heteroatoms. The highest BCUT2D eigenvalue weighted by atomic mass is 32.1. The fraction of sp³-hybridized carbons (Fsp3) is 0.333. The Hall–Kier alpha value is -1.80. The lowest BCUT2D eigenvalue weighted by Crippen LogP contribution is -2.26. The first-order chi connectivity index (χ1) is 8.24. The summed E-state index contributed by atoms with van der Waals surface area (Å²) in [4.78, 5) is 22.6. The third-order valence-corrected chi connectivity index (χ3v) is 2.59. The van der Waals surface area contributed by atoms with Crippen LogP contribution in [0.1, 0.15) is 23.2 Å². The van der Waals surface area contributed by atoms with Crippen LogP contribution in [0.25, 0.3) is 0 Å². The molecule has 0 bridgehead atoms. The molecule has 0 aliphatic heterocycles. The minimum Gasteiger partial charge on any atom is -0.465 e. The van der Waals surface area contributed by atoms with Crippen molar-refractivity contribution in [1.82, 2.24) is 5.32 Å². The van der Waals surface area contributed by atoms with E-state index in [0.717, 1.165) is 0 Å². The van der Waals surface area contributed by atoms with Crippen LogP contribution in [0.3, 0.4) is 0 Å². The predicted octanol–water partition coefficient (Wildman–Crippen LogP) is 1.43. The standard InChI is InChI=1S/C12H13NO3S/c1-2-3-7-16-11(14)4-6-13-12(15)10-5-8-17-9-10/h1,5,8-9H,3-4,6-7H2,(H,13,15). The Labute approximate surface area is 104 Å². The molecule has 1 heterocycles. The predicted molar refractivity (Wildman–Crippen MR) is 65.7 cm³/mol. The maximum atomic E-state index is 11.5. The first kappa shape index (κ1) is 13.3. The summed E-state index contributed by atoms with van der Waals surface area (Å²) in [6.45, 7) is 0.497. The highest BCUT2D eigenvalue weighted by Gasteiger charge is 2.07. The molecule has 1 aromatic heterocycles. The molecule has 17 heavy (non-hydrogen) atoms. The first-order valence-electron chi connectivity index (χ1n) is 5.13. The molecule has 90 valence electrons. The van der Waals surface area contributed by atoms with Crippen molar-refractivity contribution in [3.63, 3.8) is 0 Å². The second-order valence-electron chi connectivity index (χ2n) is 3.19. The Kier molecular flexibility index (Phi) is 5.83. The van der Waals surface area contributed by atoms with Crippen molar-refractivity contribution in [2.24, 2.45) is 0 Å². The van der Waals surface area contributed by atoms with Crippen LogP contribution in [-0.4, -0.2) is 25.0 Å². The number of rotatable bonds is 6. The quantitative estimate of drug-likeness (QED) is 0.473. The van der Waals surface area contributed by atoms with Crippen molar-refractivity contribution in [1.29, 1.82) is 0 Å². The van der Waals surface area contributed by atoms with Crippen LogP contribution in [0, 0.1) is 12.3 Å². The Morgan fingerprint density at radius 3 is 3.00 bits per heavy atom. The number of thiophene rings is 1. The largest absolute Gasteiger partial charge is 0.465 e. The maximum Gasteiger partial charge on any atom is 0.307 e. The van der Waals surface area contributed by atoms with E-state index in [1.54, 1.807) is 11.4 Å². The van der Waals surface area contributed by atoms with Gasteiger partial charge in [-0.1, -0.05) is 0 Å². The van der Waals surface area contributed by atoms with Gasteiger partial charge in [0.25, 0.3) is 5.91 Å². The molecule has 0 unspecified atom stereocenters. The van der Waals surface area contributed by atoms with E-state index in [-0.39, 0.29) is 31.4 Å². The van der Waals surface area contributed by atoms with E-state index in [1.807, 2.05) is 5.38 Å². The number of hydrogen-bond donors (Lipinski definition) is 1. The lowest BCUT2D eigenvalue weighted by Gasteiger charge is -2.04. The van der Waals surface area contributed by atoms with Gasteiger partial charge in [0.1, 0.15) is 6.61 Å². The second kappa shape index (κ2) is 7.47. The van der Waals surface area contributed by atoms with E-state index >= 15 is 0 Å². The van der Waals surface area contributed by atoms with Crippen LogP contribution in [0.2, 0.25) is 0 Å². The molecule has 0 spiro atoms. The van der Waals surface area contributed by atoms with Gasteiger partial charge in [0, 0.05) is 23.9 Å². The third kappa shape index (κ3) is 5.18. The van der Waals surface area contributed by atoms with E-state index in [1.165, 1.54) is 11.3 Å². The molecule has 0 saturated heterocycles. The Bertz CT molecular complexity index is 406. The van der Waals surface area contributed by atoms with E-state index in [2.05, 4.69) is 11.2 Å². The molecule has 0 aliphatic rings. The number of esters is 1. The number of ether oxygens (including phenoxy) is 1. The number of carbonyl (C=O) groups excluding carboxylic acids is 2. The SMILES string of the molecule is C#CCCOC(=O)CCNC(=O)c1ccsc1. The summed E-state index contributed by atoms with van der Waals surface area (Å²) in [5.74, 6) is 1.84. The van der Waals surface area contributed by atoms with E-state index in [4.69, 9.17) is 11.2 Å². The molecule has 1 aromatic rings. The molecule has 0 radical (unpaired) electrons. The topological polar surface area (TPSA) is 55.4 Å². The van der Waals surface area contributed by atoms with Crippen LogP contribution in [0.5, 0.6) is 0 Å². The van der Waals surface area contributed by atoms with Crippen molar-refractivity contribution < 1.29 is 14.3 Å². The summed E-state index contributed by atoms with van der Waals surface area (Å²) in [7, 11) is 0. The van der Waals surface area contributed by atoms with Crippen LogP contribution < -0.4 is 5.32 Å². The molecule has 0 aromatic carbocycles. The number of amides is 1. The van der Waals surface area contributed by atoms with Gasteiger partial charge in [-0.25, -0.2) is 0 Å². The average Bonchev–Trinajstić information content (AvgIpc) is 2.82. The van der Waals surface area contributed by atoms with Crippen LogP contribution in [0.4, 0.5) is 0 Å². The molecule has 1 amide bonds. The van der Waals surface area contributed by atoms with Crippen molar-refractivity contribution in [3.8, 4) is 12.3 Å². The molecule has 1 N–H and O–H groups in total. The van der Waals surface area contributed by atoms with Gasteiger partial charge in [0.2, 0.25) is 0 Å². The highest BCUT2D eigenvalue weighted by Crippen LogP contribution is 2.05. The number of hydrogen-bond acceptors (Lipinski definition) is 4. The lowest BCUT2D eigenvalue weighted by atomic mass is 10.3. The molecule has 0 saturated carbocycles. The number of carbonyl (C=O) groups is 2. The van der Waals surface area contributed by atoms with Crippen LogP contribution >= 0.6 is 11.3 Å². The maximum absolute atomic E-state index is 11.5. The lowest BCUT2D eigenvalue weighted by molar-refractivity contribution is -0.143. The van der Waals surface area contributed by atoms with Gasteiger partial charge in [-0.05, 0) is 11.4 Å². The zero-order valence-corrected chi connectivity index (χ0v) is 10.1. The van der Waals surface area contributed by atoms with E-state index in [0.29, 0.717) is 12.0 Å². The highest BCUT2D eigenvalue weighted by molar-refractivity contribution is 7.08. The Balaban J connectivity index is 2.14. The molecular weight excluding hydrogens is 238 g/mol. The summed E-state index contributed by atoms with van der Waals surface area (Å²) < 4.78 is 4.82. The molecule has 0 atom stereocenters. The second-order valence-corrected chi connectivity index (χ2v) is 3.97. The van der Waals surface area contributed by atoms with Crippen LogP contribution in [0.15, 0.2) is 16.8 Å². The number of terminal acetylenes is 1. The fourth-order valence-electron chi connectivity index (χ4n) is 1.07. The molecule has 0 aliphatic carbocycles. The van der Waals surface area contributed by atoms with Gasteiger partial charge in [-0.3, -0.25) is 9.59 Å². The van der Waals surface area contributed by atoms with Crippen molar-refractivity contribution >= 4 is 23.2 Å². The zero-order valence-electron chi connectivity index (χ0n) is 9.27. The van der Waals surface area contributed by atoms with Gasteiger partial charge >= 0.3 is 5.97 Å². The minimum absolute atomic E-state index is 0.153. The Morgan fingerprint density at radius 1 is 1.53 bits per heavy atom. The summed E-state index contributed by atoms with van der Waals surface area (Å²) in [6.07, 6.45) is 5.57. The van der Waals surface area contributed by atoms with Crippen molar-refractivity contribution in [2.75, 3.05) is 13.2 Å². The van der Waals surface area contributed by atoms with E-state index < -0.39 is 0 Å². The van der Waals surface area contributed by atoms with Gasteiger partial charge in [0.05, 0.1) is 6.42 Å². The average molecular weight is 251 g/mol. The van der Waals surface area contributed by atoms with Gasteiger partial charge in [0.15, 0.2) is 0 Å². The normalized spacial score (nSPS) is 9.35. The summed E-state index contributed by atoms with van der Waals surface area (Å²) in [5, 5.41) is 6.21. The zero-order chi connectivity index (χ0) is 12.5. The number of nitrogens with one attached hydrogen (secondary N) is 1. The van der Waals surface area contributed by atoms with Gasteiger partial charge in [-0.15, -0.1) is 12.3 Å². The monoisotopic (exact) mass is 251 g/mol. The summed E-state index contributed by atoms with van der Waals surface area (Å²) in [6, 6.07) is 1.73. The molecule has 4 nitrogen and oxygen atoms in total.